The first-order valence-electron chi connectivity index (χ1n) is 11.6. The van der Waals surface area contributed by atoms with Crippen LogP contribution in [-0.4, -0.2) is 29.3 Å². The number of benzene rings is 3. The molecule has 36 heavy (non-hydrogen) atoms. The number of hydrogen-bond donors (Lipinski definition) is 0. The van der Waals surface area contributed by atoms with Crippen molar-refractivity contribution in [2.24, 2.45) is 5.92 Å². The quantitative estimate of drug-likeness (QED) is 0.164. The van der Waals surface area contributed by atoms with E-state index >= 15 is 0 Å². The molecular formula is C28H28N2O6. The van der Waals surface area contributed by atoms with Gasteiger partial charge >= 0.3 is 11.9 Å². The maximum absolute atomic E-state index is 13.3. The van der Waals surface area contributed by atoms with Crippen LogP contribution >= 0.6 is 0 Å². The predicted octanol–water partition coefficient (Wildman–Crippen LogP) is 5.77. The number of esters is 2. The molecule has 0 fully saturated rings. The molecule has 186 valence electrons. The molecule has 0 aliphatic heterocycles. The fraction of sp³-hybridized carbons (Fsp3) is 0.250. The summed E-state index contributed by atoms with van der Waals surface area (Å²) in [5, 5.41) is 11.0. The molecule has 8 heteroatoms. The number of non-ortho nitro benzene ring substituents is 1. The van der Waals surface area contributed by atoms with Crippen LogP contribution < -0.4 is 4.90 Å². The summed E-state index contributed by atoms with van der Waals surface area (Å²) in [6, 6.07) is 21.3. The summed E-state index contributed by atoms with van der Waals surface area (Å²) < 4.78 is 5.14. The highest BCUT2D eigenvalue weighted by atomic mass is 16.6. The number of amides is 1. The summed E-state index contributed by atoms with van der Waals surface area (Å²) in [6.45, 7) is 6.01. The van der Waals surface area contributed by atoms with Gasteiger partial charge in [0.15, 0.2) is 0 Å². The van der Waals surface area contributed by atoms with Gasteiger partial charge in [0.25, 0.3) is 11.6 Å². The van der Waals surface area contributed by atoms with E-state index in [4.69, 9.17) is 4.74 Å². The molecule has 0 aromatic heterocycles. The Labute approximate surface area is 209 Å². The summed E-state index contributed by atoms with van der Waals surface area (Å²) in [5.74, 6) is -2.19. The normalized spacial score (nSPS) is 11.6. The first-order chi connectivity index (χ1) is 17.2. The summed E-state index contributed by atoms with van der Waals surface area (Å²) in [4.78, 5) is 51.0. The van der Waals surface area contributed by atoms with Crippen LogP contribution in [0.3, 0.4) is 0 Å². The lowest BCUT2D eigenvalue weighted by molar-refractivity contribution is -0.384. The molecule has 1 unspecified atom stereocenters. The van der Waals surface area contributed by atoms with E-state index in [1.165, 1.54) is 23.1 Å². The molecular weight excluding hydrogens is 460 g/mol. The fourth-order valence-corrected chi connectivity index (χ4v) is 3.79. The number of nitrogens with zero attached hydrogens (tertiary/aromatic N) is 2. The van der Waals surface area contributed by atoms with Crippen molar-refractivity contribution in [2.75, 3.05) is 11.4 Å². The van der Waals surface area contributed by atoms with Crippen LogP contribution in [0.1, 0.15) is 59.4 Å². The van der Waals surface area contributed by atoms with E-state index in [-0.39, 0.29) is 29.5 Å². The Morgan fingerprint density at radius 1 is 0.917 bits per heavy atom. The molecule has 3 aromatic rings. The minimum atomic E-state index is -0.864. The van der Waals surface area contributed by atoms with E-state index in [1.54, 1.807) is 61.5 Å². The van der Waals surface area contributed by atoms with Gasteiger partial charge in [-0.2, -0.15) is 0 Å². The number of carbonyl (C=O) groups excluding carboxylic acids is 3. The average molecular weight is 489 g/mol. The van der Waals surface area contributed by atoms with Crippen LogP contribution in [0.25, 0.3) is 0 Å². The first kappa shape index (κ1) is 26.3. The van der Waals surface area contributed by atoms with Gasteiger partial charge in [-0.1, -0.05) is 63.2 Å². The maximum atomic E-state index is 13.3. The van der Waals surface area contributed by atoms with Crippen molar-refractivity contribution in [3.8, 4) is 0 Å². The Kier molecular flexibility index (Phi) is 8.67. The molecule has 0 saturated carbocycles. The Morgan fingerprint density at radius 2 is 1.58 bits per heavy atom. The highest BCUT2D eigenvalue weighted by molar-refractivity contribution is 6.10. The van der Waals surface area contributed by atoms with Crippen molar-refractivity contribution in [1.29, 1.82) is 0 Å². The van der Waals surface area contributed by atoms with Crippen LogP contribution in [-0.2, 0) is 9.53 Å². The molecule has 1 atom stereocenters. The summed E-state index contributed by atoms with van der Waals surface area (Å²) in [5.41, 5.74) is 1.43. The number of para-hydroxylation sites is 1. The molecule has 0 radical (unpaired) electrons. The van der Waals surface area contributed by atoms with Gasteiger partial charge in [0.2, 0.25) is 0 Å². The Hall–Kier alpha value is -4.33. The minimum absolute atomic E-state index is 0.0777. The van der Waals surface area contributed by atoms with E-state index < -0.39 is 22.8 Å². The third kappa shape index (κ3) is 6.63. The zero-order chi connectivity index (χ0) is 26.2. The van der Waals surface area contributed by atoms with Gasteiger partial charge in [-0.05, 0) is 41.7 Å². The van der Waals surface area contributed by atoms with E-state index in [2.05, 4.69) is 0 Å². The fourth-order valence-electron chi connectivity index (χ4n) is 3.79. The number of nitro groups is 1. The second kappa shape index (κ2) is 11.9. The monoisotopic (exact) mass is 488 g/mol. The molecule has 0 aliphatic carbocycles. The van der Waals surface area contributed by atoms with Crippen LogP contribution in [0, 0.1) is 16.0 Å². The number of rotatable bonds is 9. The van der Waals surface area contributed by atoms with E-state index in [1.807, 2.05) is 19.9 Å². The highest BCUT2D eigenvalue weighted by Crippen LogP contribution is 2.27. The number of ether oxygens (including phenoxy) is 1. The lowest BCUT2D eigenvalue weighted by Crippen LogP contribution is -2.35. The van der Waals surface area contributed by atoms with Gasteiger partial charge in [-0.25, -0.2) is 4.79 Å². The highest BCUT2D eigenvalue weighted by Gasteiger charge is 2.26. The maximum Gasteiger partial charge on any atom is 0.347 e. The van der Waals surface area contributed by atoms with Crippen molar-refractivity contribution < 1.29 is 24.0 Å². The third-order valence-electron chi connectivity index (χ3n) is 5.56. The first-order valence-corrected chi connectivity index (χ1v) is 11.6. The zero-order valence-electron chi connectivity index (χ0n) is 20.4. The van der Waals surface area contributed by atoms with Crippen LogP contribution in [0.15, 0.2) is 78.9 Å². The van der Waals surface area contributed by atoms with Crippen LogP contribution in [0.5, 0.6) is 0 Å². The molecule has 0 bridgehead atoms. The molecule has 0 spiro atoms. The smallest absolute Gasteiger partial charge is 0.347 e. The number of anilines is 1. The molecule has 0 saturated heterocycles. The Balaban J connectivity index is 1.80. The van der Waals surface area contributed by atoms with E-state index in [0.717, 1.165) is 0 Å². The lowest BCUT2D eigenvalue weighted by Gasteiger charge is -2.26. The number of hydrogen-bond acceptors (Lipinski definition) is 6. The summed E-state index contributed by atoms with van der Waals surface area (Å²) in [6.07, 6.45) is -0.145. The van der Waals surface area contributed by atoms with Gasteiger partial charge in [0.1, 0.15) is 0 Å². The molecule has 3 rings (SSSR count). The van der Waals surface area contributed by atoms with Gasteiger partial charge in [-0.15, -0.1) is 0 Å². The Morgan fingerprint density at radius 3 is 2.25 bits per heavy atom. The van der Waals surface area contributed by atoms with Gasteiger partial charge in [-0.3, -0.25) is 19.7 Å². The van der Waals surface area contributed by atoms with Gasteiger partial charge in [0, 0.05) is 24.2 Å². The predicted molar refractivity (Wildman–Crippen MR) is 136 cm³/mol. The molecule has 0 aliphatic rings. The van der Waals surface area contributed by atoms with Crippen molar-refractivity contribution in [3.63, 3.8) is 0 Å². The molecule has 1 amide bonds. The van der Waals surface area contributed by atoms with Crippen LogP contribution in [0.2, 0.25) is 0 Å². The van der Waals surface area contributed by atoms with E-state index in [9.17, 15) is 24.5 Å². The molecule has 3 aromatic carbocycles. The second-order valence-corrected chi connectivity index (χ2v) is 8.91. The molecule has 0 N–H and O–H groups in total. The van der Waals surface area contributed by atoms with Crippen molar-refractivity contribution >= 4 is 29.2 Å². The second-order valence-electron chi connectivity index (χ2n) is 8.91. The third-order valence-corrected chi connectivity index (χ3v) is 5.56. The lowest BCUT2D eigenvalue weighted by atomic mass is 9.97. The van der Waals surface area contributed by atoms with Gasteiger partial charge < -0.3 is 9.64 Å². The van der Waals surface area contributed by atoms with Crippen molar-refractivity contribution in [3.05, 3.63) is 106 Å². The minimum Gasteiger partial charge on any atom is -0.389 e. The SMILES string of the molecule is CC(C)CN(C(=O)c1ccccc1)c1ccccc1C(=O)OC(=O)CC(C)c1cccc([N+](=O)[O-])c1. The number of nitro benzene ring substituents is 1. The topological polar surface area (TPSA) is 107 Å². The van der Waals surface area contributed by atoms with Gasteiger partial charge in [0.05, 0.1) is 22.6 Å². The van der Waals surface area contributed by atoms with Crippen molar-refractivity contribution in [2.45, 2.75) is 33.1 Å². The number of carbonyl (C=O) groups is 3. The van der Waals surface area contributed by atoms with E-state index in [0.29, 0.717) is 23.4 Å². The molecule has 0 heterocycles. The molecule has 8 nitrogen and oxygen atoms in total. The largest absolute Gasteiger partial charge is 0.389 e. The summed E-state index contributed by atoms with van der Waals surface area (Å²) in [7, 11) is 0. The Bertz CT molecular complexity index is 1260. The van der Waals surface area contributed by atoms with Crippen LogP contribution in [0.4, 0.5) is 11.4 Å². The zero-order valence-corrected chi connectivity index (χ0v) is 20.4. The summed E-state index contributed by atoms with van der Waals surface area (Å²) >= 11 is 0. The standard InChI is InChI=1S/C28H28N2O6/c1-19(2)18-29(27(32)21-10-5-4-6-11-21)25-15-8-7-14-24(25)28(33)36-26(31)16-20(3)22-12-9-13-23(17-22)30(34)35/h4-15,17,19-20H,16,18H2,1-3H3. The van der Waals surface area contributed by atoms with Crippen molar-refractivity contribution in [1.82, 2.24) is 0 Å². The average Bonchev–Trinajstić information content (AvgIpc) is 2.87.